The van der Waals surface area contributed by atoms with Crippen LogP contribution in [0.3, 0.4) is 0 Å². The monoisotopic (exact) mass is 619 g/mol. The van der Waals surface area contributed by atoms with Crippen molar-refractivity contribution in [1.29, 1.82) is 0 Å². The van der Waals surface area contributed by atoms with Crippen LogP contribution in [0.1, 0.15) is 37.8 Å². The van der Waals surface area contributed by atoms with Crippen LogP contribution in [0.25, 0.3) is 78.4 Å². The van der Waals surface area contributed by atoms with Crippen molar-refractivity contribution in [2.24, 2.45) is 0 Å². The molecule has 1 aliphatic rings. The fourth-order valence-corrected chi connectivity index (χ4v) is 7.72. The molecule has 0 spiro atoms. The number of aromatic nitrogens is 3. The molecule has 9 rings (SSSR count). The van der Waals surface area contributed by atoms with Crippen LogP contribution in [0.15, 0.2) is 144 Å². The van der Waals surface area contributed by atoms with E-state index in [1.807, 2.05) is 60.7 Å². The maximum atomic E-state index is 6.82. The number of hydrogen-bond acceptors (Lipinski definition) is 4. The molecule has 0 atom stereocenters. The van der Waals surface area contributed by atoms with Crippen molar-refractivity contribution in [2.45, 2.75) is 32.1 Å². The molecule has 48 heavy (non-hydrogen) atoms. The van der Waals surface area contributed by atoms with Gasteiger partial charge in [-0.3, -0.25) is 0 Å². The molecule has 2 heterocycles. The third-order valence-corrected chi connectivity index (χ3v) is 10.2. The van der Waals surface area contributed by atoms with Crippen molar-refractivity contribution in [3.63, 3.8) is 0 Å². The van der Waals surface area contributed by atoms with Crippen LogP contribution in [-0.4, -0.2) is 15.0 Å². The van der Waals surface area contributed by atoms with Gasteiger partial charge in [0.2, 0.25) is 0 Å². The minimum Gasteiger partial charge on any atom is -0.456 e. The van der Waals surface area contributed by atoms with E-state index in [2.05, 4.69) is 92.7 Å². The summed E-state index contributed by atoms with van der Waals surface area (Å²) in [5.41, 5.74) is 12.4. The second-order valence-corrected chi connectivity index (χ2v) is 12.6. The lowest BCUT2D eigenvalue weighted by Crippen LogP contribution is -2.23. The van der Waals surface area contributed by atoms with Gasteiger partial charge in [0, 0.05) is 38.4 Å². The van der Waals surface area contributed by atoms with Gasteiger partial charge in [0.15, 0.2) is 17.5 Å². The Kier molecular flexibility index (Phi) is 6.58. The highest BCUT2D eigenvalue weighted by molar-refractivity contribution is 6.10. The van der Waals surface area contributed by atoms with Crippen LogP contribution < -0.4 is 0 Å². The lowest BCUT2D eigenvalue weighted by atomic mass is 9.73. The highest BCUT2D eigenvalue weighted by atomic mass is 16.3. The van der Waals surface area contributed by atoms with Gasteiger partial charge in [0.25, 0.3) is 0 Å². The predicted molar refractivity (Wildman–Crippen MR) is 196 cm³/mol. The maximum absolute atomic E-state index is 6.82. The summed E-state index contributed by atoms with van der Waals surface area (Å²) >= 11 is 0. The largest absolute Gasteiger partial charge is 0.456 e. The summed E-state index contributed by atoms with van der Waals surface area (Å²) in [6.07, 6.45) is 2.06. The third kappa shape index (κ3) is 4.33. The Morgan fingerprint density at radius 1 is 0.479 bits per heavy atom. The minimum atomic E-state index is -0.0479. The van der Waals surface area contributed by atoms with E-state index in [0.29, 0.717) is 17.5 Å². The van der Waals surface area contributed by atoms with Gasteiger partial charge in [0.1, 0.15) is 11.2 Å². The fourth-order valence-electron chi connectivity index (χ4n) is 7.72. The molecule has 8 aromatic rings. The molecule has 1 aliphatic carbocycles. The predicted octanol–water partition coefficient (Wildman–Crippen LogP) is 11.5. The second kappa shape index (κ2) is 11.1. The van der Waals surface area contributed by atoms with Crippen LogP contribution in [0.4, 0.5) is 0 Å². The summed E-state index contributed by atoms with van der Waals surface area (Å²) in [6.45, 7) is 4.61. The van der Waals surface area contributed by atoms with E-state index in [4.69, 9.17) is 19.4 Å². The van der Waals surface area contributed by atoms with Crippen LogP contribution >= 0.6 is 0 Å². The number of fused-ring (bicyclic) bond motifs is 7. The van der Waals surface area contributed by atoms with Crippen molar-refractivity contribution < 1.29 is 4.42 Å². The van der Waals surface area contributed by atoms with Crippen LogP contribution in [0, 0.1) is 0 Å². The normalized spacial score (nSPS) is 13.1. The van der Waals surface area contributed by atoms with Crippen LogP contribution in [0.5, 0.6) is 0 Å². The minimum absolute atomic E-state index is 0.0479. The van der Waals surface area contributed by atoms with Crippen molar-refractivity contribution in [1.82, 2.24) is 15.0 Å². The molecule has 0 radical (unpaired) electrons. The fraction of sp³-hybridized carbons (Fsp3) is 0.114. The van der Waals surface area contributed by atoms with Crippen LogP contribution in [0.2, 0.25) is 0 Å². The summed E-state index contributed by atoms with van der Waals surface area (Å²) < 4.78 is 6.82. The van der Waals surface area contributed by atoms with Gasteiger partial charge in [-0.25, -0.2) is 15.0 Å². The number of furan rings is 1. The van der Waals surface area contributed by atoms with Gasteiger partial charge in [0.05, 0.1) is 0 Å². The molecule has 0 N–H and O–H groups in total. The number of hydrogen-bond donors (Lipinski definition) is 0. The van der Waals surface area contributed by atoms with E-state index in [-0.39, 0.29) is 5.41 Å². The molecule has 6 aromatic carbocycles. The maximum Gasteiger partial charge on any atom is 0.164 e. The molecule has 0 bridgehead atoms. The summed E-state index contributed by atoms with van der Waals surface area (Å²) in [5, 5.41) is 2.33. The molecule has 4 nitrogen and oxygen atoms in total. The van der Waals surface area contributed by atoms with E-state index in [9.17, 15) is 0 Å². The van der Waals surface area contributed by atoms with Crippen molar-refractivity contribution in [3.8, 4) is 56.4 Å². The second-order valence-electron chi connectivity index (χ2n) is 12.6. The summed E-state index contributed by atoms with van der Waals surface area (Å²) in [4.78, 5) is 14.6. The van der Waals surface area contributed by atoms with Crippen LogP contribution in [-0.2, 0) is 5.41 Å². The first-order valence-corrected chi connectivity index (χ1v) is 16.7. The van der Waals surface area contributed by atoms with Gasteiger partial charge < -0.3 is 4.42 Å². The van der Waals surface area contributed by atoms with Crippen molar-refractivity contribution in [2.75, 3.05) is 0 Å². The van der Waals surface area contributed by atoms with Gasteiger partial charge in [-0.2, -0.15) is 0 Å². The molecular weight excluding hydrogens is 587 g/mol. The van der Waals surface area contributed by atoms with Gasteiger partial charge in [-0.05, 0) is 58.9 Å². The number of rotatable bonds is 6. The highest BCUT2D eigenvalue weighted by Crippen LogP contribution is 2.55. The van der Waals surface area contributed by atoms with E-state index < -0.39 is 0 Å². The number of nitrogens with zero attached hydrogens (tertiary/aromatic N) is 3. The molecular formula is C44H33N3O. The third-order valence-electron chi connectivity index (χ3n) is 10.2. The Bertz CT molecular complexity index is 2400. The lowest BCUT2D eigenvalue weighted by molar-refractivity contribution is 0.486. The summed E-state index contributed by atoms with van der Waals surface area (Å²) in [6, 6.07) is 48.6. The quantitative estimate of drug-likeness (QED) is 0.186. The molecule has 0 unspecified atom stereocenters. The average Bonchev–Trinajstić information content (AvgIpc) is 3.68. The smallest absolute Gasteiger partial charge is 0.164 e. The molecule has 230 valence electrons. The molecule has 0 fully saturated rings. The van der Waals surface area contributed by atoms with E-state index in [1.54, 1.807) is 0 Å². The van der Waals surface area contributed by atoms with E-state index in [0.717, 1.165) is 57.2 Å². The zero-order valence-corrected chi connectivity index (χ0v) is 26.9. The number of benzene rings is 6. The standard InChI is InChI=1S/C44H33N3O/c1-3-44(4-2)37-18-12-11-17-33(37)35-25-26-36-34-24-23-32(27-38(34)48-40(36)39(35)44)28-19-21-31(22-20-28)43-46-41(29-13-7-5-8-14-29)45-42(47-43)30-15-9-6-10-16-30/h5-27H,3-4H2,1-2H3. The molecule has 0 saturated heterocycles. The Morgan fingerprint density at radius 3 is 1.62 bits per heavy atom. The van der Waals surface area contributed by atoms with Crippen molar-refractivity contribution in [3.05, 3.63) is 151 Å². The average molecular weight is 620 g/mol. The first kappa shape index (κ1) is 28.4. The molecule has 4 heteroatoms. The first-order valence-electron chi connectivity index (χ1n) is 16.7. The molecule has 0 amide bonds. The lowest BCUT2D eigenvalue weighted by Gasteiger charge is -2.29. The van der Waals surface area contributed by atoms with Gasteiger partial charge >= 0.3 is 0 Å². The first-order chi connectivity index (χ1) is 23.7. The SMILES string of the molecule is CCC1(CC)c2ccccc2-c2ccc3c(oc4cc(-c5ccc(-c6nc(-c7ccccc7)nc(-c7ccccc7)n6)cc5)ccc43)c21. The zero-order valence-electron chi connectivity index (χ0n) is 26.9. The Morgan fingerprint density at radius 2 is 1.00 bits per heavy atom. The molecule has 2 aromatic heterocycles. The summed E-state index contributed by atoms with van der Waals surface area (Å²) in [5.74, 6) is 1.96. The Hall–Kier alpha value is -5.87. The van der Waals surface area contributed by atoms with Crippen molar-refractivity contribution >= 4 is 21.9 Å². The van der Waals surface area contributed by atoms with Gasteiger partial charge in [-0.15, -0.1) is 0 Å². The highest BCUT2D eigenvalue weighted by Gasteiger charge is 2.42. The zero-order chi connectivity index (χ0) is 32.2. The molecule has 0 aliphatic heterocycles. The van der Waals surface area contributed by atoms with E-state index >= 15 is 0 Å². The van der Waals surface area contributed by atoms with E-state index in [1.165, 1.54) is 27.6 Å². The summed E-state index contributed by atoms with van der Waals surface area (Å²) in [7, 11) is 0. The Balaban J connectivity index is 1.11. The van der Waals surface area contributed by atoms with Gasteiger partial charge in [-0.1, -0.05) is 135 Å². The topological polar surface area (TPSA) is 51.8 Å². The molecule has 0 saturated carbocycles. The Labute approximate surface area is 279 Å².